The van der Waals surface area contributed by atoms with Gasteiger partial charge in [-0.15, -0.1) is 0 Å². The van der Waals surface area contributed by atoms with Gasteiger partial charge in [0.15, 0.2) is 6.29 Å². The zero-order chi connectivity index (χ0) is 11.7. The highest BCUT2D eigenvalue weighted by atomic mass is 16.5. The number of rotatable bonds is 8. The number of aliphatic hydroxyl groups excluding tert-OH is 1. The van der Waals surface area contributed by atoms with E-state index in [0.29, 0.717) is 25.7 Å². The lowest BCUT2D eigenvalue weighted by atomic mass is 10.2. The highest BCUT2D eigenvalue weighted by Gasteiger charge is 2.03. The molecule has 0 saturated carbocycles. The van der Waals surface area contributed by atoms with Crippen molar-refractivity contribution >= 4 is 11.8 Å². The molecule has 0 aliphatic carbocycles. The Morgan fingerprint density at radius 3 is 2.33 bits per heavy atom. The SMILES string of the molecule is NC(=O)CCCCC(=O)NCCC(O)O. The molecular weight excluding hydrogens is 200 g/mol. The number of nitrogens with one attached hydrogen (secondary N) is 1. The second-order valence-corrected chi connectivity index (χ2v) is 3.29. The molecule has 0 radical (unpaired) electrons. The zero-order valence-electron chi connectivity index (χ0n) is 8.61. The Balaban J connectivity index is 3.30. The minimum absolute atomic E-state index is 0.118. The first-order valence-electron chi connectivity index (χ1n) is 4.93. The smallest absolute Gasteiger partial charge is 0.219 e. The highest BCUT2D eigenvalue weighted by Crippen LogP contribution is 1.98. The van der Waals surface area contributed by atoms with Crippen LogP contribution in [-0.4, -0.2) is 34.9 Å². The average Bonchev–Trinajstić information content (AvgIpc) is 2.11. The number of carbonyl (C=O) groups excluding carboxylic acids is 2. The Kier molecular flexibility index (Phi) is 7.57. The molecule has 15 heavy (non-hydrogen) atoms. The maximum atomic E-state index is 11.1. The minimum atomic E-state index is -1.39. The standard InChI is InChI=1S/C9H18N2O4/c10-7(12)3-1-2-4-8(13)11-6-5-9(14)15/h9,14-15H,1-6H2,(H2,10,12)(H,11,13). The summed E-state index contributed by atoms with van der Waals surface area (Å²) in [6, 6.07) is 0. The van der Waals surface area contributed by atoms with Crippen LogP contribution in [0.3, 0.4) is 0 Å². The largest absolute Gasteiger partial charge is 0.370 e. The maximum Gasteiger partial charge on any atom is 0.219 e. The van der Waals surface area contributed by atoms with E-state index < -0.39 is 6.29 Å². The average molecular weight is 218 g/mol. The number of amides is 2. The van der Waals surface area contributed by atoms with Crippen LogP contribution >= 0.6 is 0 Å². The van der Waals surface area contributed by atoms with Crippen molar-refractivity contribution in [2.45, 2.75) is 38.4 Å². The molecule has 0 saturated heterocycles. The van der Waals surface area contributed by atoms with E-state index >= 15 is 0 Å². The summed E-state index contributed by atoms with van der Waals surface area (Å²) < 4.78 is 0. The third-order valence-corrected chi connectivity index (χ3v) is 1.80. The van der Waals surface area contributed by atoms with Crippen LogP contribution in [0.2, 0.25) is 0 Å². The molecule has 2 amide bonds. The van der Waals surface area contributed by atoms with Gasteiger partial charge in [0.05, 0.1) is 0 Å². The van der Waals surface area contributed by atoms with Crippen molar-refractivity contribution in [1.29, 1.82) is 0 Å². The molecule has 0 rings (SSSR count). The van der Waals surface area contributed by atoms with Crippen LogP contribution < -0.4 is 11.1 Å². The minimum Gasteiger partial charge on any atom is -0.370 e. The molecule has 6 heteroatoms. The molecule has 0 bridgehead atoms. The van der Waals surface area contributed by atoms with Crippen LogP contribution in [0, 0.1) is 0 Å². The summed E-state index contributed by atoms with van der Waals surface area (Å²) in [5.74, 6) is -0.515. The fourth-order valence-electron chi connectivity index (χ4n) is 1.01. The van der Waals surface area contributed by atoms with Crippen LogP contribution in [0.1, 0.15) is 32.1 Å². The third kappa shape index (κ3) is 10.8. The van der Waals surface area contributed by atoms with Gasteiger partial charge in [0, 0.05) is 25.8 Å². The Bertz CT molecular complexity index is 206. The van der Waals surface area contributed by atoms with E-state index in [1.807, 2.05) is 0 Å². The number of primary amides is 1. The lowest BCUT2D eigenvalue weighted by Gasteiger charge is -2.05. The van der Waals surface area contributed by atoms with Crippen LogP contribution in [-0.2, 0) is 9.59 Å². The summed E-state index contributed by atoms with van der Waals surface area (Å²) in [6.45, 7) is 0.242. The molecule has 5 N–H and O–H groups in total. The van der Waals surface area contributed by atoms with Gasteiger partial charge in [0.1, 0.15) is 0 Å². The Labute approximate surface area is 88.5 Å². The van der Waals surface area contributed by atoms with E-state index in [1.165, 1.54) is 0 Å². The van der Waals surface area contributed by atoms with E-state index in [-0.39, 0.29) is 24.8 Å². The van der Waals surface area contributed by atoms with Gasteiger partial charge in [-0.25, -0.2) is 0 Å². The molecule has 0 aromatic carbocycles. The van der Waals surface area contributed by atoms with Gasteiger partial charge in [0.2, 0.25) is 11.8 Å². The monoisotopic (exact) mass is 218 g/mol. The lowest BCUT2D eigenvalue weighted by Crippen LogP contribution is -2.26. The third-order valence-electron chi connectivity index (χ3n) is 1.80. The topological polar surface area (TPSA) is 113 Å². The molecule has 0 aliphatic heterocycles. The number of carbonyl (C=O) groups is 2. The number of unbranched alkanes of at least 4 members (excludes halogenated alkanes) is 1. The summed E-state index contributed by atoms with van der Waals surface area (Å²) in [6.07, 6.45) is 0.562. The first-order chi connectivity index (χ1) is 7.02. The Morgan fingerprint density at radius 2 is 1.80 bits per heavy atom. The van der Waals surface area contributed by atoms with Crippen molar-refractivity contribution in [3.05, 3.63) is 0 Å². The summed E-state index contributed by atoms with van der Waals surface area (Å²) in [5, 5.41) is 19.5. The number of nitrogens with two attached hydrogens (primary N) is 1. The predicted molar refractivity (Wildman–Crippen MR) is 53.5 cm³/mol. The summed E-state index contributed by atoms with van der Waals surface area (Å²) >= 11 is 0. The first-order valence-corrected chi connectivity index (χ1v) is 4.93. The maximum absolute atomic E-state index is 11.1. The molecule has 0 unspecified atom stereocenters. The molecule has 6 nitrogen and oxygen atoms in total. The number of aliphatic hydroxyl groups is 2. The molecular formula is C9H18N2O4. The van der Waals surface area contributed by atoms with Crippen molar-refractivity contribution in [3.8, 4) is 0 Å². The molecule has 0 fully saturated rings. The van der Waals surface area contributed by atoms with Gasteiger partial charge >= 0.3 is 0 Å². The van der Waals surface area contributed by atoms with Gasteiger partial charge in [-0.2, -0.15) is 0 Å². The molecule has 0 spiro atoms. The highest BCUT2D eigenvalue weighted by molar-refractivity contribution is 5.76. The second-order valence-electron chi connectivity index (χ2n) is 3.29. The van der Waals surface area contributed by atoms with Crippen LogP contribution in [0.5, 0.6) is 0 Å². The van der Waals surface area contributed by atoms with Crippen LogP contribution in [0.15, 0.2) is 0 Å². The summed E-state index contributed by atoms with van der Waals surface area (Å²) in [4.78, 5) is 21.4. The number of hydrogen-bond donors (Lipinski definition) is 4. The fraction of sp³-hybridized carbons (Fsp3) is 0.778. The normalized spacial score (nSPS) is 10.3. The molecule has 0 heterocycles. The van der Waals surface area contributed by atoms with Crippen molar-refractivity contribution < 1.29 is 19.8 Å². The first kappa shape index (κ1) is 13.9. The van der Waals surface area contributed by atoms with Gasteiger partial charge in [-0.05, 0) is 12.8 Å². The zero-order valence-corrected chi connectivity index (χ0v) is 8.61. The summed E-state index contributed by atoms with van der Waals surface area (Å²) in [7, 11) is 0. The van der Waals surface area contributed by atoms with Gasteiger partial charge in [-0.1, -0.05) is 0 Å². The van der Waals surface area contributed by atoms with E-state index in [0.717, 1.165) is 0 Å². The molecule has 0 aromatic rings. The second kappa shape index (κ2) is 8.19. The molecule has 0 aliphatic rings. The van der Waals surface area contributed by atoms with Crippen LogP contribution in [0.25, 0.3) is 0 Å². The van der Waals surface area contributed by atoms with Crippen molar-refractivity contribution in [2.75, 3.05) is 6.54 Å². The van der Waals surface area contributed by atoms with Crippen LogP contribution in [0.4, 0.5) is 0 Å². The molecule has 0 atom stereocenters. The lowest BCUT2D eigenvalue weighted by molar-refractivity contribution is -0.122. The molecule has 0 aromatic heterocycles. The fourth-order valence-corrected chi connectivity index (χ4v) is 1.01. The van der Waals surface area contributed by atoms with E-state index in [4.69, 9.17) is 15.9 Å². The van der Waals surface area contributed by atoms with Crippen molar-refractivity contribution in [1.82, 2.24) is 5.32 Å². The molecule has 88 valence electrons. The predicted octanol–water partition coefficient (Wildman–Crippen LogP) is -1.15. The van der Waals surface area contributed by atoms with Crippen molar-refractivity contribution in [3.63, 3.8) is 0 Å². The summed E-state index contributed by atoms with van der Waals surface area (Å²) in [5.41, 5.74) is 4.93. The van der Waals surface area contributed by atoms with Gasteiger partial charge < -0.3 is 21.3 Å². The Hall–Kier alpha value is -1.14. The van der Waals surface area contributed by atoms with Gasteiger partial charge in [0.25, 0.3) is 0 Å². The quantitative estimate of drug-likeness (QED) is 0.304. The number of hydrogen-bond acceptors (Lipinski definition) is 4. The van der Waals surface area contributed by atoms with Gasteiger partial charge in [-0.3, -0.25) is 9.59 Å². The van der Waals surface area contributed by atoms with E-state index in [2.05, 4.69) is 5.32 Å². The van der Waals surface area contributed by atoms with E-state index in [1.54, 1.807) is 0 Å². The van der Waals surface area contributed by atoms with Crippen molar-refractivity contribution in [2.24, 2.45) is 5.73 Å². The van der Waals surface area contributed by atoms with E-state index in [9.17, 15) is 9.59 Å². The Morgan fingerprint density at radius 1 is 1.20 bits per heavy atom.